The molecule has 3 aliphatic rings. The van der Waals surface area contributed by atoms with Crippen LogP contribution >= 0.6 is 11.8 Å². The molecule has 3 heterocycles. The van der Waals surface area contributed by atoms with Crippen LogP contribution in [0.2, 0.25) is 0 Å². The predicted molar refractivity (Wildman–Crippen MR) is 151 cm³/mol. The second kappa shape index (κ2) is 11.8. The van der Waals surface area contributed by atoms with Gasteiger partial charge < -0.3 is 15.1 Å². The molecule has 1 N–H and O–H groups in total. The highest BCUT2D eigenvalue weighted by Crippen LogP contribution is 2.34. The molecule has 5 rings (SSSR count). The van der Waals surface area contributed by atoms with Crippen molar-refractivity contribution in [2.75, 3.05) is 43.4 Å². The summed E-state index contributed by atoms with van der Waals surface area (Å²) in [5, 5.41) is 3.29. The minimum atomic E-state index is -0.801. The Morgan fingerprint density at radius 2 is 1.76 bits per heavy atom. The van der Waals surface area contributed by atoms with Crippen LogP contribution < -0.4 is 10.2 Å². The lowest BCUT2D eigenvalue weighted by Gasteiger charge is -2.36. The van der Waals surface area contributed by atoms with Gasteiger partial charge >= 0.3 is 0 Å². The molecule has 1 fully saturated rings. The van der Waals surface area contributed by atoms with E-state index in [0.29, 0.717) is 36.3 Å². The van der Waals surface area contributed by atoms with E-state index in [9.17, 15) is 14.4 Å². The van der Waals surface area contributed by atoms with Crippen LogP contribution in [0.3, 0.4) is 0 Å². The highest BCUT2D eigenvalue weighted by molar-refractivity contribution is 8.14. The van der Waals surface area contributed by atoms with E-state index < -0.39 is 6.04 Å². The van der Waals surface area contributed by atoms with Crippen LogP contribution in [0.15, 0.2) is 64.6 Å². The molecule has 3 amide bonds. The molecular weight excluding hydrogens is 500 g/mol. The van der Waals surface area contributed by atoms with Gasteiger partial charge in [0, 0.05) is 44.0 Å². The van der Waals surface area contributed by atoms with Gasteiger partial charge in [0.05, 0.1) is 17.9 Å². The molecule has 0 unspecified atom stereocenters. The summed E-state index contributed by atoms with van der Waals surface area (Å²) in [5.41, 5.74) is 2.62. The van der Waals surface area contributed by atoms with Crippen LogP contribution in [0.5, 0.6) is 0 Å². The first-order valence-electron chi connectivity index (χ1n) is 13.1. The average Bonchev–Trinajstić information content (AvgIpc) is 3.28. The molecule has 0 bridgehead atoms. The number of piperazine rings is 1. The smallest absolute Gasteiger partial charge is 0.259 e. The Morgan fingerprint density at radius 3 is 2.53 bits per heavy atom. The van der Waals surface area contributed by atoms with E-state index in [4.69, 9.17) is 4.99 Å². The van der Waals surface area contributed by atoms with Gasteiger partial charge in [-0.1, -0.05) is 55.4 Å². The summed E-state index contributed by atoms with van der Waals surface area (Å²) in [4.78, 5) is 53.9. The molecule has 0 saturated carbocycles. The zero-order chi connectivity index (χ0) is 26.5. The summed E-state index contributed by atoms with van der Waals surface area (Å²) >= 11 is 1.25. The number of hydrogen-bond donors (Lipinski definition) is 1. The lowest BCUT2D eigenvalue weighted by Crippen LogP contribution is -2.49. The minimum Gasteiger partial charge on any atom is -0.368 e. The Hall–Kier alpha value is -3.66. The second-order valence-electron chi connectivity index (χ2n) is 9.45. The van der Waals surface area contributed by atoms with Crippen LogP contribution in [0.25, 0.3) is 0 Å². The summed E-state index contributed by atoms with van der Waals surface area (Å²) in [5.74, 6) is 0.214. The molecule has 0 radical (unpaired) electrons. The van der Waals surface area contributed by atoms with E-state index in [-0.39, 0.29) is 29.9 Å². The van der Waals surface area contributed by atoms with Crippen LogP contribution in [0, 0.1) is 0 Å². The van der Waals surface area contributed by atoms with Crippen molar-refractivity contribution in [3.8, 4) is 0 Å². The van der Waals surface area contributed by atoms with Crippen molar-refractivity contribution in [3.63, 3.8) is 0 Å². The fourth-order valence-corrected chi connectivity index (χ4v) is 5.66. The van der Waals surface area contributed by atoms with Crippen molar-refractivity contribution in [2.45, 2.75) is 32.2 Å². The maximum atomic E-state index is 13.4. The molecule has 2 aromatic carbocycles. The lowest BCUT2D eigenvalue weighted by molar-refractivity contribution is -0.129. The minimum absolute atomic E-state index is 0.00666. The SMILES string of the molecule is CCCCNC(=O)C[C@@H]1N=C2c3ccccc3N=C(SCC(=O)N3CCN(c4ccccc4)CC3)N2C1=O. The maximum Gasteiger partial charge on any atom is 0.259 e. The quantitative estimate of drug-likeness (QED) is 0.527. The van der Waals surface area contributed by atoms with E-state index in [1.807, 2.05) is 47.4 Å². The number of carbonyl (C=O) groups excluding carboxylic acids is 3. The number of nitrogens with zero attached hydrogens (tertiary/aromatic N) is 5. The molecule has 38 heavy (non-hydrogen) atoms. The number of nitrogens with one attached hydrogen (secondary N) is 1. The Labute approximate surface area is 227 Å². The van der Waals surface area contributed by atoms with E-state index in [1.54, 1.807) is 0 Å². The number of fused-ring (bicyclic) bond motifs is 3. The predicted octanol–water partition coefficient (Wildman–Crippen LogP) is 3.03. The first kappa shape index (κ1) is 26.0. The molecule has 198 valence electrons. The van der Waals surface area contributed by atoms with Gasteiger partial charge in [0.2, 0.25) is 11.8 Å². The summed E-state index contributed by atoms with van der Waals surface area (Å²) < 4.78 is 0. The Morgan fingerprint density at radius 1 is 1.03 bits per heavy atom. The number of aliphatic imine (C=N–C) groups is 2. The summed E-state index contributed by atoms with van der Waals surface area (Å²) in [7, 11) is 0. The summed E-state index contributed by atoms with van der Waals surface area (Å²) in [6.45, 7) is 5.49. The van der Waals surface area contributed by atoms with E-state index in [2.05, 4.69) is 34.3 Å². The molecule has 3 aliphatic heterocycles. The van der Waals surface area contributed by atoms with Gasteiger partial charge in [-0.25, -0.2) is 9.89 Å². The average molecular weight is 533 g/mol. The lowest BCUT2D eigenvalue weighted by atomic mass is 10.1. The number of para-hydroxylation sites is 2. The Bertz CT molecular complexity index is 1260. The molecule has 9 nitrogen and oxygen atoms in total. The number of carbonyl (C=O) groups is 3. The first-order chi connectivity index (χ1) is 18.5. The van der Waals surface area contributed by atoms with Crippen LogP contribution in [0.4, 0.5) is 11.4 Å². The number of anilines is 1. The molecule has 0 aliphatic carbocycles. The normalized spacial score (nSPS) is 18.5. The highest BCUT2D eigenvalue weighted by atomic mass is 32.2. The van der Waals surface area contributed by atoms with Crippen LogP contribution in [-0.2, 0) is 14.4 Å². The molecule has 0 spiro atoms. The number of thioether (sulfide) groups is 1. The first-order valence-corrected chi connectivity index (χ1v) is 14.1. The Balaban J connectivity index is 1.24. The molecule has 1 saturated heterocycles. The monoisotopic (exact) mass is 532 g/mol. The molecule has 0 aromatic heterocycles. The van der Waals surface area contributed by atoms with E-state index in [1.165, 1.54) is 16.7 Å². The van der Waals surface area contributed by atoms with Crippen LogP contribution in [0.1, 0.15) is 31.7 Å². The summed E-state index contributed by atoms with van der Waals surface area (Å²) in [6, 6.07) is 16.9. The number of unbranched alkanes of at least 4 members (excludes halogenated alkanes) is 1. The van der Waals surface area contributed by atoms with Crippen molar-refractivity contribution >= 4 is 51.9 Å². The van der Waals surface area contributed by atoms with Gasteiger partial charge in [-0.2, -0.15) is 0 Å². The van der Waals surface area contributed by atoms with Crippen molar-refractivity contribution in [2.24, 2.45) is 9.98 Å². The van der Waals surface area contributed by atoms with E-state index >= 15 is 0 Å². The van der Waals surface area contributed by atoms with Gasteiger partial charge in [-0.3, -0.25) is 19.4 Å². The summed E-state index contributed by atoms with van der Waals surface area (Å²) in [6.07, 6.45) is 1.86. The van der Waals surface area contributed by atoms with Gasteiger partial charge in [-0.05, 0) is 30.7 Å². The van der Waals surface area contributed by atoms with Crippen molar-refractivity contribution < 1.29 is 14.4 Å². The Kier molecular flexibility index (Phi) is 8.07. The fourth-order valence-electron chi connectivity index (χ4n) is 4.75. The third-order valence-electron chi connectivity index (χ3n) is 6.86. The standard InChI is InChI=1S/C28H32N6O3S/c1-2-3-13-29-24(35)18-23-27(37)34-26(30-23)21-11-7-8-12-22(21)31-28(34)38-19-25(36)33-16-14-32(15-17-33)20-9-5-4-6-10-20/h4-12,23H,2-3,13-19H2,1H3,(H,29,35)/t23-/m0/s1. The third kappa shape index (κ3) is 5.60. The van der Waals surface area contributed by atoms with Crippen molar-refractivity contribution in [1.29, 1.82) is 0 Å². The number of rotatable bonds is 8. The van der Waals surface area contributed by atoms with Crippen LogP contribution in [-0.4, -0.2) is 83.0 Å². The zero-order valence-corrected chi connectivity index (χ0v) is 22.3. The number of amides is 3. The molecule has 2 aromatic rings. The van der Waals surface area contributed by atoms with Gasteiger partial charge in [-0.15, -0.1) is 0 Å². The maximum absolute atomic E-state index is 13.4. The third-order valence-corrected chi connectivity index (χ3v) is 7.78. The molecule has 10 heteroatoms. The topological polar surface area (TPSA) is 97.7 Å². The van der Waals surface area contributed by atoms with Gasteiger partial charge in [0.1, 0.15) is 11.9 Å². The van der Waals surface area contributed by atoms with Crippen molar-refractivity contribution in [3.05, 3.63) is 60.2 Å². The van der Waals surface area contributed by atoms with E-state index in [0.717, 1.165) is 37.2 Å². The largest absolute Gasteiger partial charge is 0.368 e. The van der Waals surface area contributed by atoms with Crippen molar-refractivity contribution in [1.82, 2.24) is 15.1 Å². The number of benzene rings is 2. The zero-order valence-electron chi connectivity index (χ0n) is 21.5. The number of hydrogen-bond acceptors (Lipinski definition) is 7. The van der Waals surface area contributed by atoms with Gasteiger partial charge in [0.25, 0.3) is 5.91 Å². The fraction of sp³-hybridized carbons (Fsp3) is 0.393. The molecular formula is C28H32N6O3S. The van der Waals surface area contributed by atoms with Gasteiger partial charge in [0.15, 0.2) is 5.17 Å². The highest BCUT2D eigenvalue weighted by Gasteiger charge is 2.42. The molecule has 1 atom stereocenters. The number of amidine groups is 2. The second-order valence-corrected chi connectivity index (χ2v) is 10.4.